The van der Waals surface area contributed by atoms with Crippen LogP contribution in [-0.2, 0) is 4.79 Å². The standard InChI is InChI=1S/C10H12ClN5O/c11-8-4-2-1-3-7(8)9(10(12)17)14-5-6-15-16-13/h1-4,9,14H,5-6H2,(H2,12,17). The van der Waals surface area contributed by atoms with Gasteiger partial charge in [-0.2, -0.15) is 0 Å². The Labute approximate surface area is 103 Å². The molecule has 0 aromatic heterocycles. The number of benzene rings is 1. The molecule has 0 bridgehead atoms. The number of halogens is 1. The summed E-state index contributed by atoms with van der Waals surface area (Å²) in [5.41, 5.74) is 14.0. The lowest BCUT2D eigenvalue weighted by Crippen LogP contribution is -2.35. The second-order valence-electron chi connectivity index (χ2n) is 3.27. The number of hydrogen-bond acceptors (Lipinski definition) is 3. The molecule has 90 valence electrons. The Morgan fingerprint density at radius 2 is 2.29 bits per heavy atom. The summed E-state index contributed by atoms with van der Waals surface area (Å²) < 4.78 is 0. The Hall–Kier alpha value is -1.75. The summed E-state index contributed by atoms with van der Waals surface area (Å²) in [6, 6.07) is 6.26. The molecule has 1 aromatic rings. The van der Waals surface area contributed by atoms with Gasteiger partial charge >= 0.3 is 0 Å². The molecule has 0 fully saturated rings. The van der Waals surface area contributed by atoms with Crippen LogP contribution in [0.25, 0.3) is 10.4 Å². The van der Waals surface area contributed by atoms with E-state index in [-0.39, 0.29) is 6.54 Å². The lowest BCUT2D eigenvalue weighted by Gasteiger charge is -2.16. The Morgan fingerprint density at radius 1 is 1.59 bits per heavy atom. The van der Waals surface area contributed by atoms with E-state index in [0.717, 1.165) is 0 Å². The van der Waals surface area contributed by atoms with Crippen LogP contribution in [0.2, 0.25) is 5.02 Å². The summed E-state index contributed by atoms with van der Waals surface area (Å²) in [6.45, 7) is 0.591. The van der Waals surface area contributed by atoms with Crippen molar-refractivity contribution in [3.8, 4) is 0 Å². The van der Waals surface area contributed by atoms with Crippen LogP contribution in [0, 0.1) is 0 Å². The third kappa shape index (κ3) is 3.96. The highest BCUT2D eigenvalue weighted by molar-refractivity contribution is 6.31. The van der Waals surface area contributed by atoms with Crippen molar-refractivity contribution in [1.82, 2.24) is 5.32 Å². The zero-order valence-corrected chi connectivity index (χ0v) is 9.76. The van der Waals surface area contributed by atoms with E-state index in [1.54, 1.807) is 24.3 Å². The van der Waals surface area contributed by atoms with Crippen LogP contribution in [0.5, 0.6) is 0 Å². The van der Waals surface area contributed by atoms with Gasteiger partial charge in [-0.1, -0.05) is 34.9 Å². The molecule has 1 rings (SSSR count). The Kier molecular flexibility index (Phi) is 5.29. The number of azide groups is 1. The maximum Gasteiger partial charge on any atom is 0.239 e. The summed E-state index contributed by atoms with van der Waals surface area (Å²) in [6.07, 6.45) is 0. The fourth-order valence-electron chi connectivity index (χ4n) is 1.38. The number of carbonyl (C=O) groups excluding carboxylic acids is 1. The number of nitrogens with zero attached hydrogens (tertiary/aromatic N) is 3. The SMILES string of the molecule is [N-]=[N+]=NCCNC(C(N)=O)c1ccccc1Cl. The molecule has 0 saturated heterocycles. The molecule has 3 N–H and O–H groups in total. The second kappa shape index (κ2) is 6.75. The van der Waals surface area contributed by atoms with Crippen molar-refractivity contribution < 1.29 is 4.79 Å². The monoisotopic (exact) mass is 253 g/mol. The highest BCUT2D eigenvalue weighted by Crippen LogP contribution is 2.22. The summed E-state index contributed by atoms with van der Waals surface area (Å²) >= 11 is 5.97. The van der Waals surface area contributed by atoms with Gasteiger partial charge in [0.05, 0.1) is 0 Å². The first kappa shape index (κ1) is 13.3. The zero-order chi connectivity index (χ0) is 12.7. The number of nitrogens with one attached hydrogen (secondary N) is 1. The van der Waals surface area contributed by atoms with Crippen LogP contribution in [0.1, 0.15) is 11.6 Å². The van der Waals surface area contributed by atoms with Gasteiger partial charge in [-0.3, -0.25) is 4.79 Å². The first-order chi connectivity index (χ1) is 8.16. The average molecular weight is 254 g/mol. The van der Waals surface area contributed by atoms with Gasteiger partial charge < -0.3 is 11.1 Å². The molecule has 17 heavy (non-hydrogen) atoms. The molecule has 0 aliphatic carbocycles. The molecule has 1 aromatic carbocycles. The first-order valence-electron chi connectivity index (χ1n) is 4.94. The first-order valence-corrected chi connectivity index (χ1v) is 5.32. The van der Waals surface area contributed by atoms with E-state index in [4.69, 9.17) is 22.9 Å². The molecule has 0 aliphatic rings. The van der Waals surface area contributed by atoms with Crippen LogP contribution in [-0.4, -0.2) is 19.0 Å². The van der Waals surface area contributed by atoms with Crippen LogP contribution in [0.15, 0.2) is 29.4 Å². The molecule has 0 spiro atoms. The van der Waals surface area contributed by atoms with Gasteiger partial charge in [0.25, 0.3) is 0 Å². The van der Waals surface area contributed by atoms with E-state index in [9.17, 15) is 4.79 Å². The largest absolute Gasteiger partial charge is 0.368 e. The third-order valence-corrected chi connectivity index (χ3v) is 2.47. The summed E-state index contributed by atoms with van der Waals surface area (Å²) in [5, 5.41) is 6.70. The van der Waals surface area contributed by atoms with Crippen LogP contribution in [0.3, 0.4) is 0 Å². The molecular weight excluding hydrogens is 242 g/mol. The van der Waals surface area contributed by atoms with Gasteiger partial charge in [0, 0.05) is 23.0 Å². The second-order valence-corrected chi connectivity index (χ2v) is 3.67. The minimum atomic E-state index is -0.683. The molecule has 1 unspecified atom stereocenters. The molecule has 6 nitrogen and oxygen atoms in total. The fourth-order valence-corrected chi connectivity index (χ4v) is 1.62. The summed E-state index contributed by atoms with van der Waals surface area (Å²) in [5.74, 6) is -0.529. The maximum absolute atomic E-state index is 11.3. The minimum absolute atomic E-state index is 0.241. The third-order valence-electron chi connectivity index (χ3n) is 2.12. The van der Waals surface area contributed by atoms with E-state index in [1.165, 1.54) is 0 Å². The van der Waals surface area contributed by atoms with Crippen molar-refractivity contribution in [1.29, 1.82) is 0 Å². The highest BCUT2D eigenvalue weighted by atomic mass is 35.5. The molecule has 0 aliphatic heterocycles. The van der Waals surface area contributed by atoms with Crippen molar-refractivity contribution in [2.24, 2.45) is 10.8 Å². The van der Waals surface area contributed by atoms with Gasteiger partial charge in [-0.25, -0.2) is 0 Å². The normalized spacial score (nSPS) is 11.6. The van der Waals surface area contributed by atoms with Gasteiger partial charge in [0.15, 0.2) is 0 Å². The van der Waals surface area contributed by atoms with E-state index < -0.39 is 11.9 Å². The van der Waals surface area contributed by atoms with Crippen LogP contribution in [0.4, 0.5) is 0 Å². The molecule has 0 saturated carbocycles. The van der Waals surface area contributed by atoms with Gasteiger partial charge in [0.2, 0.25) is 5.91 Å². The summed E-state index contributed by atoms with van der Waals surface area (Å²) in [4.78, 5) is 13.9. The van der Waals surface area contributed by atoms with Crippen molar-refractivity contribution in [2.45, 2.75) is 6.04 Å². The average Bonchev–Trinajstić information content (AvgIpc) is 2.30. The maximum atomic E-state index is 11.3. The number of rotatable bonds is 6. The fraction of sp³-hybridized carbons (Fsp3) is 0.300. The lowest BCUT2D eigenvalue weighted by atomic mass is 10.1. The van der Waals surface area contributed by atoms with Crippen LogP contribution >= 0.6 is 11.6 Å². The highest BCUT2D eigenvalue weighted by Gasteiger charge is 2.18. The Morgan fingerprint density at radius 3 is 2.88 bits per heavy atom. The number of nitrogens with two attached hydrogens (primary N) is 1. The Balaban J connectivity index is 2.76. The van der Waals surface area contributed by atoms with Crippen LogP contribution < -0.4 is 11.1 Å². The molecule has 0 radical (unpaired) electrons. The van der Waals surface area contributed by atoms with Crippen molar-refractivity contribution in [2.75, 3.05) is 13.1 Å². The number of carbonyl (C=O) groups is 1. The van der Waals surface area contributed by atoms with Gasteiger partial charge in [0.1, 0.15) is 6.04 Å². The molecule has 7 heteroatoms. The minimum Gasteiger partial charge on any atom is -0.368 e. The molecular formula is C10H12ClN5O. The van der Waals surface area contributed by atoms with Gasteiger partial charge in [-0.15, -0.1) is 0 Å². The predicted octanol–water partition coefficient (Wildman–Crippen LogP) is 1.77. The summed E-state index contributed by atoms with van der Waals surface area (Å²) in [7, 11) is 0. The lowest BCUT2D eigenvalue weighted by molar-refractivity contribution is -0.120. The number of primary amides is 1. The quantitative estimate of drug-likeness (QED) is 0.349. The van der Waals surface area contributed by atoms with Crippen molar-refractivity contribution in [3.05, 3.63) is 45.3 Å². The van der Waals surface area contributed by atoms with Gasteiger partial charge in [-0.05, 0) is 17.2 Å². The molecule has 1 atom stereocenters. The predicted molar refractivity (Wildman–Crippen MR) is 65.4 cm³/mol. The Bertz CT molecular complexity index is 444. The number of hydrogen-bond donors (Lipinski definition) is 2. The van der Waals surface area contributed by atoms with E-state index in [2.05, 4.69) is 15.3 Å². The number of amides is 1. The van der Waals surface area contributed by atoms with Crippen molar-refractivity contribution in [3.63, 3.8) is 0 Å². The van der Waals surface area contributed by atoms with E-state index >= 15 is 0 Å². The van der Waals surface area contributed by atoms with E-state index in [0.29, 0.717) is 17.1 Å². The smallest absolute Gasteiger partial charge is 0.239 e. The van der Waals surface area contributed by atoms with Crippen molar-refractivity contribution >= 4 is 17.5 Å². The topological polar surface area (TPSA) is 104 Å². The molecule has 0 heterocycles. The van der Waals surface area contributed by atoms with E-state index in [1.807, 2.05) is 0 Å². The zero-order valence-electron chi connectivity index (χ0n) is 9.01. The molecule has 1 amide bonds.